The summed E-state index contributed by atoms with van der Waals surface area (Å²) in [6.45, 7) is 2.17. The third kappa shape index (κ3) is 1.25. The molecule has 0 unspecified atom stereocenters. The van der Waals surface area contributed by atoms with Gasteiger partial charge in [-0.05, 0) is 30.9 Å². The van der Waals surface area contributed by atoms with Gasteiger partial charge >= 0.3 is 0 Å². The molecule has 0 atom stereocenters. The van der Waals surface area contributed by atoms with Gasteiger partial charge in [-0.15, -0.1) is 0 Å². The molecule has 2 nitrogen and oxygen atoms in total. The van der Waals surface area contributed by atoms with Crippen LogP contribution in [0.1, 0.15) is 36.9 Å². The Morgan fingerprint density at radius 1 is 1.55 bits per heavy atom. The molecule has 1 saturated carbocycles. The van der Waals surface area contributed by atoms with Crippen molar-refractivity contribution in [2.24, 2.45) is 0 Å². The highest BCUT2D eigenvalue weighted by molar-refractivity contribution is 5.24. The molecule has 2 heteroatoms. The fourth-order valence-corrected chi connectivity index (χ4v) is 1.37. The maximum atomic E-state index is 4.16. The topological polar surface area (TPSA) is 25.8 Å². The van der Waals surface area contributed by atoms with Gasteiger partial charge < -0.3 is 0 Å². The van der Waals surface area contributed by atoms with Crippen LogP contribution in [-0.2, 0) is 6.42 Å². The summed E-state index contributed by atoms with van der Waals surface area (Å²) in [5.41, 5.74) is 2.62. The van der Waals surface area contributed by atoms with Crippen LogP contribution in [0.25, 0.3) is 0 Å². The Hall–Kier alpha value is -0.920. The molecule has 0 radical (unpaired) electrons. The zero-order valence-electron chi connectivity index (χ0n) is 6.75. The molecule has 0 N–H and O–H groups in total. The molecule has 1 aromatic rings. The Balaban J connectivity index is 2.34. The second-order valence-electron chi connectivity index (χ2n) is 3.07. The maximum absolute atomic E-state index is 4.16. The summed E-state index contributed by atoms with van der Waals surface area (Å²) in [5.74, 6) is 0.735. The van der Waals surface area contributed by atoms with Gasteiger partial charge in [-0.1, -0.05) is 6.92 Å². The summed E-state index contributed by atoms with van der Waals surface area (Å²) in [7, 11) is 0. The number of hydrogen-bond acceptors (Lipinski definition) is 2. The van der Waals surface area contributed by atoms with Gasteiger partial charge in [0.1, 0.15) is 0 Å². The molecule has 1 aliphatic carbocycles. The van der Waals surface area contributed by atoms with E-state index in [1.165, 1.54) is 24.1 Å². The van der Waals surface area contributed by atoms with E-state index in [4.69, 9.17) is 0 Å². The van der Waals surface area contributed by atoms with Crippen molar-refractivity contribution >= 4 is 0 Å². The number of aryl methyl sites for hydroxylation is 1. The van der Waals surface area contributed by atoms with E-state index >= 15 is 0 Å². The van der Waals surface area contributed by atoms with Crippen LogP contribution in [0.5, 0.6) is 0 Å². The smallest absolute Gasteiger partial charge is 0.0693 e. The Bertz CT molecular complexity index is 253. The Labute approximate surface area is 66.7 Å². The summed E-state index contributed by atoms with van der Waals surface area (Å²) in [6.07, 6.45) is 5.49. The van der Waals surface area contributed by atoms with Crippen LogP contribution < -0.4 is 0 Å². The first-order valence-corrected chi connectivity index (χ1v) is 4.22. The molecule has 1 aliphatic rings. The van der Waals surface area contributed by atoms with Gasteiger partial charge in [0.2, 0.25) is 0 Å². The first kappa shape index (κ1) is 6.77. The molecule has 0 bridgehead atoms. The average Bonchev–Trinajstić information content (AvgIpc) is 2.87. The molecule has 0 saturated heterocycles. The van der Waals surface area contributed by atoms with Crippen molar-refractivity contribution in [1.29, 1.82) is 0 Å². The van der Waals surface area contributed by atoms with Gasteiger partial charge in [-0.2, -0.15) is 10.2 Å². The predicted molar refractivity (Wildman–Crippen MR) is 43.4 cm³/mol. The number of rotatable bonds is 2. The normalized spacial score (nSPS) is 16.8. The number of hydrogen-bond donors (Lipinski definition) is 0. The maximum Gasteiger partial charge on any atom is 0.0693 e. The summed E-state index contributed by atoms with van der Waals surface area (Å²) >= 11 is 0. The molecule has 1 aromatic heterocycles. The molecule has 11 heavy (non-hydrogen) atoms. The second-order valence-corrected chi connectivity index (χ2v) is 3.07. The molecular weight excluding hydrogens is 136 g/mol. The summed E-state index contributed by atoms with van der Waals surface area (Å²) in [5, 5.41) is 8.07. The van der Waals surface area contributed by atoms with E-state index < -0.39 is 0 Å². The lowest BCUT2D eigenvalue weighted by Crippen LogP contribution is -1.95. The van der Waals surface area contributed by atoms with Crippen molar-refractivity contribution in [2.45, 2.75) is 32.1 Å². The van der Waals surface area contributed by atoms with Crippen molar-refractivity contribution in [3.63, 3.8) is 0 Å². The SMILES string of the molecule is CCc1ccnnc1C1CC1. The molecule has 1 fully saturated rings. The molecule has 1 heterocycles. The van der Waals surface area contributed by atoms with E-state index in [0.29, 0.717) is 0 Å². The van der Waals surface area contributed by atoms with E-state index in [1.54, 1.807) is 6.20 Å². The fourth-order valence-electron chi connectivity index (χ4n) is 1.37. The first-order valence-electron chi connectivity index (χ1n) is 4.22. The van der Waals surface area contributed by atoms with Crippen molar-refractivity contribution in [3.8, 4) is 0 Å². The van der Waals surface area contributed by atoms with Crippen LogP contribution >= 0.6 is 0 Å². The van der Waals surface area contributed by atoms with Crippen LogP contribution in [0.2, 0.25) is 0 Å². The summed E-state index contributed by atoms with van der Waals surface area (Å²) in [4.78, 5) is 0. The lowest BCUT2D eigenvalue weighted by atomic mass is 10.1. The first-order chi connectivity index (χ1) is 5.42. The van der Waals surface area contributed by atoms with Crippen LogP contribution in [0.15, 0.2) is 12.3 Å². The molecule has 0 aromatic carbocycles. The minimum atomic E-state index is 0.735. The van der Waals surface area contributed by atoms with Gasteiger partial charge in [-0.25, -0.2) is 0 Å². The molecule has 0 amide bonds. The monoisotopic (exact) mass is 148 g/mol. The van der Waals surface area contributed by atoms with Crippen LogP contribution in [-0.4, -0.2) is 10.2 Å². The highest BCUT2D eigenvalue weighted by atomic mass is 15.1. The van der Waals surface area contributed by atoms with Crippen molar-refractivity contribution in [3.05, 3.63) is 23.5 Å². The average molecular weight is 148 g/mol. The van der Waals surface area contributed by atoms with E-state index in [2.05, 4.69) is 23.2 Å². The largest absolute Gasteiger partial charge is 0.159 e. The third-order valence-corrected chi connectivity index (χ3v) is 2.18. The van der Waals surface area contributed by atoms with Gasteiger partial charge in [-0.3, -0.25) is 0 Å². The fraction of sp³-hybridized carbons (Fsp3) is 0.556. The van der Waals surface area contributed by atoms with Gasteiger partial charge in [0.05, 0.1) is 5.69 Å². The number of nitrogens with zero attached hydrogens (tertiary/aromatic N) is 2. The Kier molecular flexibility index (Phi) is 1.60. The minimum Gasteiger partial charge on any atom is -0.159 e. The number of aromatic nitrogens is 2. The highest BCUT2D eigenvalue weighted by Crippen LogP contribution is 2.40. The van der Waals surface area contributed by atoms with Crippen LogP contribution in [0, 0.1) is 0 Å². The quantitative estimate of drug-likeness (QED) is 0.640. The zero-order chi connectivity index (χ0) is 7.68. The van der Waals surface area contributed by atoms with E-state index in [1.807, 2.05) is 0 Å². The Morgan fingerprint density at radius 3 is 3.00 bits per heavy atom. The minimum absolute atomic E-state index is 0.735. The summed E-state index contributed by atoms with van der Waals surface area (Å²) in [6, 6.07) is 2.08. The molecular formula is C9H12N2. The van der Waals surface area contributed by atoms with Crippen LogP contribution in [0.4, 0.5) is 0 Å². The molecule has 0 aliphatic heterocycles. The third-order valence-electron chi connectivity index (χ3n) is 2.18. The molecule has 2 rings (SSSR count). The van der Waals surface area contributed by atoms with Crippen molar-refractivity contribution in [2.75, 3.05) is 0 Å². The Morgan fingerprint density at radius 2 is 2.36 bits per heavy atom. The predicted octanol–water partition coefficient (Wildman–Crippen LogP) is 1.92. The zero-order valence-corrected chi connectivity index (χ0v) is 6.75. The van der Waals surface area contributed by atoms with E-state index in [0.717, 1.165) is 12.3 Å². The second kappa shape index (κ2) is 2.61. The molecule has 0 spiro atoms. The molecule has 58 valence electrons. The van der Waals surface area contributed by atoms with Crippen LogP contribution in [0.3, 0.4) is 0 Å². The lowest BCUT2D eigenvalue weighted by Gasteiger charge is -2.01. The van der Waals surface area contributed by atoms with Crippen molar-refractivity contribution in [1.82, 2.24) is 10.2 Å². The van der Waals surface area contributed by atoms with Gasteiger partial charge in [0.15, 0.2) is 0 Å². The van der Waals surface area contributed by atoms with Crippen molar-refractivity contribution < 1.29 is 0 Å². The summed E-state index contributed by atoms with van der Waals surface area (Å²) < 4.78 is 0. The highest BCUT2D eigenvalue weighted by Gasteiger charge is 2.27. The van der Waals surface area contributed by atoms with Gasteiger partial charge in [0.25, 0.3) is 0 Å². The van der Waals surface area contributed by atoms with Gasteiger partial charge in [0, 0.05) is 12.1 Å². The van der Waals surface area contributed by atoms with E-state index in [-0.39, 0.29) is 0 Å². The standard InChI is InChI=1S/C9H12N2/c1-2-7-5-6-10-11-9(7)8-3-4-8/h5-6,8H,2-4H2,1H3. The lowest BCUT2D eigenvalue weighted by molar-refractivity contribution is 0.870. The van der Waals surface area contributed by atoms with E-state index in [9.17, 15) is 0 Å².